The highest BCUT2D eigenvalue weighted by atomic mass is 19.1. The molecule has 0 heterocycles. The van der Waals surface area contributed by atoms with E-state index in [1.807, 2.05) is 0 Å². The van der Waals surface area contributed by atoms with Crippen LogP contribution in [0.25, 0.3) is 0 Å². The van der Waals surface area contributed by atoms with Crippen molar-refractivity contribution in [2.45, 2.75) is 26.9 Å². The van der Waals surface area contributed by atoms with Gasteiger partial charge in [-0.25, -0.2) is 4.39 Å². The second kappa shape index (κ2) is 7.34. The molecule has 0 aliphatic heterocycles. The molecule has 0 saturated carbocycles. The van der Waals surface area contributed by atoms with Crippen molar-refractivity contribution in [3.05, 3.63) is 29.6 Å². The molecular weight excluding hydrogens is 233 g/mol. The number of ether oxygens (including phenoxy) is 1. The summed E-state index contributed by atoms with van der Waals surface area (Å²) >= 11 is 0. The summed E-state index contributed by atoms with van der Waals surface area (Å²) < 4.78 is 18.7. The molecule has 1 aromatic carbocycles. The predicted molar refractivity (Wildman–Crippen MR) is 70.3 cm³/mol. The van der Waals surface area contributed by atoms with E-state index in [1.165, 1.54) is 12.1 Å². The number of benzene rings is 1. The molecule has 0 spiro atoms. The Morgan fingerprint density at radius 3 is 2.56 bits per heavy atom. The Morgan fingerprint density at radius 2 is 2.00 bits per heavy atom. The fraction of sp³-hybridized carbons (Fsp3) is 0.571. The standard InChI is InChI=1S/C14H22FNO2/c1-4-16(5-2)8-9-18-14-10-12(15)6-7-13(14)11(3)17/h6-7,10-11,17H,4-5,8-9H2,1-3H3/t11-/m0/s1. The second-order valence-electron chi connectivity index (χ2n) is 4.23. The predicted octanol–water partition coefficient (Wildman–Crippen LogP) is 2.60. The smallest absolute Gasteiger partial charge is 0.128 e. The van der Waals surface area contributed by atoms with E-state index in [2.05, 4.69) is 18.7 Å². The van der Waals surface area contributed by atoms with Crippen LogP contribution < -0.4 is 4.74 Å². The van der Waals surface area contributed by atoms with Crippen molar-refractivity contribution >= 4 is 0 Å². The maximum atomic E-state index is 13.2. The van der Waals surface area contributed by atoms with E-state index in [9.17, 15) is 9.50 Å². The maximum Gasteiger partial charge on any atom is 0.128 e. The van der Waals surface area contributed by atoms with Crippen LogP contribution in [-0.2, 0) is 0 Å². The van der Waals surface area contributed by atoms with Crippen LogP contribution in [0.15, 0.2) is 18.2 Å². The van der Waals surface area contributed by atoms with Crippen molar-refractivity contribution in [2.24, 2.45) is 0 Å². The highest BCUT2D eigenvalue weighted by Crippen LogP contribution is 2.25. The minimum atomic E-state index is -0.658. The first-order valence-electron chi connectivity index (χ1n) is 6.41. The topological polar surface area (TPSA) is 32.7 Å². The third kappa shape index (κ3) is 4.27. The second-order valence-corrected chi connectivity index (χ2v) is 4.23. The molecule has 0 aromatic heterocycles. The highest BCUT2D eigenvalue weighted by molar-refractivity contribution is 5.35. The largest absolute Gasteiger partial charge is 0.492 e. The van der Waals surface area contributed by atoms with Gasteiger partial charge in [-0.15, -0.1) is 0 Å². The minimum absolute atomic E-state index is 0.350. The van der Waals surface area contributed by atoms with Crippen LogP contribution in [-0.4, -0.2) is 36.2 Å². The molecule has 1 atom stereocenters. The van der Waals surface area contributed by atoms with Crippen LogP contribution in [0.3, 0.4) is 0 Å². The zero-order valence-corrected chi connectivity index (χ0v) is 11.3. The van der Waals surface area contributed by atoms with Crippen molar-refractivity contribution in [3.8, 4) is 5.75 Å². The van der Waals surface area contributed by atoms with Gasteiger partial charge < -0.3 is 14.7 Å². The van der Waals surface area contributed by atoms with E-state index >= 15 is 0 Å². The number of halogens is 1. The minimum Gasteiger partial charge on any atom is -0.492 e. The molecule has 3 nitrogen and oxygen atoms in total. The lowest BCUT2D eigenvalue weighted by molar-refractivity contribution is 0.184. The summed E-state index contributed by atoms with van der Waals surface area (Å²) in [5.41, 5.74) is 0.621. The molecular formula is C14H22FNO2. The van der Waals surface area contributed by atoms with Gasteiger partial charge in [0.25, 0.3) is 0 Å². The number of hydrogen-bond acceptors (Lipinski definition) is 3. The summed E-state index contributed by atoms with van der Waals surface area (Å²) in [4.78, 5) is 2.22. The molecule has 4 heteroatoms. The van der Waals surface area contributed by atoms with Crippen LogP contribution in [0.2, 0.25) is 0 Å². The van der Waals surface area contributed by atoms with Gasteiger partial charge in [0.15, 0.2) is 0 Å². The molecule has 0 saturated heterocycles. The summed E-state index contributed by atoms with van der Waals surface area (Å²) in [6.45, 7) is 9.04. The summed E-state index contributed by atoms with van der Waals surface area (Å²) in [7, 11) is 0. The lowest BCUT2D eigenvalue weighted by atomic mass is 10.1. The van der Waals surface area contributed by atoms with Crippen molar-refractivity contribution in [3.63, 3.8) is 0 Å². The molecule has 18 heavy (non-hydrogen) atoms. The summed E-state index contributed by atoms with van der Waals surface area (Å²) in [6.07, 6.45) is -0.658. The Balaban J connectivity index is 2.63. The monoisotopic (exact) mass is 255 g/mol. The molecule has 1 N–H and O–H groups in total. The van der Waals surface area contributed by atoms with Crippen LogP contribution in [0.1, 0.15) is 32.4 Å². The Kier molecular flexibility index (Phi) is 6.09. The van der Waals surface area contributed by atoms with Crippen molar-refractivity contribution < 1.29 is 14.2 Å². The molecule has 102 valence electrons. The van der Waals surface area contributed by atoms with Gasteiger partial charge in [-0.2, -0.15) is 0 Å². The average molecular weight is 255 g/mol. The summed E-state index contributed by atoms with van der Waals surface area (Å²) in [6, 6.07) is 4.22. The molecule has 0 unspecified atom stereocenters. The number of aliphatic hydroxyl groups excluding tert-OH is 1. The van der Waals surface area contributed by atoms with Crippen LogP contribution in [0, 0.1) is 5.82 Å². The molecule has 0 aliphatic rings. The number of nitrogens with zero attached hydrogens (tertiary/aromatic N) is 1. The first-order chi connectivity index (χ1) is 8.58. The Hall–Kier alpha value is -1.13. The van der Waals surface area contributed by atoms with Gasteiger partial charge in [0.2, 0.25) is 0 Å². The third-order valence-corrected chi connectivity index (χ3v) is 2.99. The first kappa shape index (κ1) is 14.9. The Bertz CT molecular complexity index is 365. The van der Waals surface area contributed by atoms with E-state index < -0.39 is 6.10 Å². The highest BCUT2D eigenvalue weighted by Gasteiger charge is 2.10. The average Bonchev–Trinajstić information content (AvgIpc) is 2.34. The molecule has 0 radical (unpaired) electrons. The van der Waals surface area contributed by atoms with E-state index in [-0.39, 0.29) is 5.82 Å². The number of rotatable bonds is 7. The van der Waals surface area contributed by atoms with Gasteiger partial charge >= 0.3 is 0 Å². The van der Waals surface area contributed by atoms with Crippen molar-refractivity contribution in [2.75, 3.05) is 26.2 Å². The normalized spacial score (nSPS) is 12.8. The molecule has 0 amide bonds. The van der Waals surface area contributed by atoms with Gasteiger partial charge in [-0.3, -0.25) is 0 Å². The fourth-order valence-electron chi connectivity index (χ4n) is 1.80. The third-order valence-electron chi connectivity index (χ3n) is 2.99. The molecule has 1 aromatic rings. The van der Waals surface area contributed by atoms with E-state index in [0.29, 0.717) is 17.9 Å². The zero-order valence-electron chi connectivity index (χ0n) is 11.3. The van der Waals surface area contributed by atoms with Crippen molar-refractivity contribution in [1.82, 2.24) is 4.90 Å². The van der Waals surface area contributed by atoms with Gasteiger partial charge in [-0.1, -0.05) is 13.8 Å². The van der Waals surface area contributed by atoms with Crippen LogP contribution >= 0.6 is 0 Å². The van der Waals surface area contributed by atoms with Gasteiger partial charge in [0.05, 0.1) is 6.10 Å². The van der Waals surface area contributed by atoms with Gasteiger partial charge in [-0.05, 0) is 32.1 Å². The number of aliphatic hydroxyl groups is 1. The summed E-state index contributed by atoms with van der Waals surface area (Å²) in [5.74, 6) is 0.0781. The first-order valence-corrected chi connectivity index (χ1v) is 6.41. The maximum absolute atomic E-state index is 13.2. The Labute approximate surface area is 108 Å². The van der Waals surface area contributed by atoms with E-state index in [1.54, 1.807) is 13.0 Å². The quantitative estimate of drug-likeness (QED) is 0.813. The molecule has 1 rings (SSSR count). The van der Waals surface area contributed by atoms with E-state index in [0.717, 1.165) is 19.6 Å². The van der Waals surface area contributed by atoms with Gasteiger partial charge in [0.1, 0.15) is 18.2 Å². The molecule has 0 bridgehead atoms. The molecule has 0 fully saturated rings. The van der Waals surface area contributed by atoms with E-state index in [4.69, 9.17) is 4.74 Å². The zero-order chi connectivity index (χ0) is 13.5. The fourth-order valence-corrected chi connectivity index (χ4v) is 1.80. The van der Waals surface area contributed by atoms with Gasteiger partial charge in [0, 0.05) is 18.2 Å². The van der Waals surface area contributed by atoms with Crippen molar-refractivity contribution in [1.29, 1.82) is 0 Å². The van der Waals surface area contributed by atoms with Crippen LogP contribution in [0.4, 0.5) is 4.39 Å². The number of likely N-dealkylation sites (N-methyl/N-ethyl adjacent to an activating group) is 1. The lowest BCUT2D eigenvalue weighted by Gasteiger charge is -2.19. The Morgan fingerprint density at radius 1 is 1.33 bits per heavy atom. The van der Waals surface area contributed by atoms with Crippen LogP contribution in [0.5, 0.6) is 5.75 Å². The lowest BCUT2D eigenvalue weighted by Crippen LogP contribution is -2.28. The number of hydrogen-bond donors (Lipinski definition) is 1. The SMILES string of the molecule is CCN(CC)CCOc1cc(F)ccc1[C@H](C)O. The summed E-state index contributed by atoms with van der Waals surface area (Å²) in [5, 5.41) is 9.58. The molecule has 0 aliphatic carbocycles.